The third-order valence-corrected chi connectivity index (χ3v) is 6.72. The molecule has 0 bridgehead atoms. The lowest BCUT2D eigenvalue weighted by atomic mass is 9.99. The van der Waals surface area contributed by atoms with E-state index in [1.54, 1.807) is 11.0 Å². The van der Waals surface area contributed by atoms with Gasteiger partial charge >= 0.3 is 12.2 Å². The number of amides is 4. The highest BCUT2D eigenvalue weighted by atomic mass is 32.2. The Labute approximate surface area is 175 Å². The third kappa shape index (κ3) is 4.05. The van der Waals surface area contributed by atoms with E-state index in [4.69, 9.17) is 0 Å². The Morgan fingerprint density at radius 2 is 1.93 bits per heavy atom. The van der Waals surface area contributed by atoms with Gasteiger partial charge in [0.15, 0.2) is 0 Å². The summed E-state index contributed by atoms with van der Waals surface area (Å²) in [5.41, 5.74) is -0.474. The first-order valence-electron chi connectivity index (χ1n) is 9.63. The Kier molecular flexibility index (Phi) is 5.52. The summed E-state index contributed by atoms with van der Waals surface area (Å²) in [6.07, 6.45) is -1.88. The van der Waals surface area contributed by atoms with Crippen molar-refractivity contribution in [3.05, 3.63) is 46.9 Å². The van der Waals surface area contributed by atoms with Crippen LogP contribution in [0.25, 0.3) is 0 Å². The van der Waals surface area contributed by atoms with Crippen molar-refractivity contribution in [3.63, 3.8) is 0 Å². The average Bonchev–Trinajstić information content (AvgIpc) is 3.17. The largest absolute Gasteiger partial charge is 0.416 e. The molecule has 1 N–H and O–H groups in total. The number of rotatable bonds is 3. The van der Waals surface area contributed by atoms with E-state index in [0.717, 1.165) is 12.1 Å². The molecule has 0 aromatic heterocycles. The number of nitrogens with one attached hydrogen (secondary N) is 1. The van der Waals surface area contributed by atoms with Crippen molar-refractivity contribution in [2.24, 2.45) is 0 Å². The maximum Gasteiger partial charge on any atom is 0.416 e. The SMILES string of the molecule is O=C(Cc1cccc(C(F)(F)F)c1)N1CCC(N2C(=O)NC3C=CSC3C2=O)CC1. The van der Waals surface area contributed by atoms with E-state index in [0.29, 0.717) is 31.5 Å². The molecule has 2 saturated heterocycles. The number of urea groups is 1. The van der Waals surface area contributed by atoms with Gasteiger partial charge in [-0.2, -0.15) is 13.2 Å². The van der Waals surface area contributed by atoms with E-state index in [1.165, 1.54) is 28.8 Å². The number of piperidine rings is 1. The highest BCUT2D eigenvalue weighted by Crippen LogP contribution is 2.32. The highest BCUT2D eigenvalue weighted by molar-refractivity contribution is 8.03. The Morgan fingerprint density at radius 1 is 1.20 bits per heavy atom. The van der Waals surface area contributed by atoms with Crippen LogP contribution in [0.15, 0.2) is 35.7 Å². The molecule has 2 fully saturated rings. The molecule has 0 aliphatic carbocycles. The van der Waals surface area contributed by atoms with Gasteiger partial charge in [0.05, 0.1) is 18.0 Å². The molecule has 3 aliphatic rings. The number of carbonyl (C=O) groups is 3. The van der Waals surface area contributed by atoms with Crippen LogP contribution in [-0.4, -0.2) is 58.1 Å². The van der Waals surface area contributed by atoms with E-state index in [-0.39, 0.29) is 35.6 Å². The molecule has 10 heteroatoms. The first-order valence-corrected chi connectivity index (χ1v) is 10.6. The van der Waals surface area contributed by atoms with Gasteiger partial charge in [0, 0.05) is 19.1 Å². The molecule has 160 valence electrons. The van der Waals surface area contributed by atoms with E-state index in [2.05, 4.69) is 5.32 Å². The lowest BCUT2D eigenvalue weighted by Crippen LogP contribution is -2.64. The number of imide groups is 1. The van der Waals surface area contributed by atoms with Gasteiger partial charge in [-0.25, -0.2) is 4.79 Å². The Morgan fingerprint density at radius 3 is 2.63 bits per heavy atom. The normalized spacial score (nSPS) is 24.8. The summed E-state index contributed by atoms with van der Waals surface area (Å²) in [6.45, 7) is 0.692. The molecule has 3 aliphatic heterocycles. The number of alkyl halides is 3. The molecule has 1 aromatic rings. The van der Waals surface area contributed by atoms with Gasteiger partial charge in [0.25, 0.3) is 0 Å². The number of thioether (sulfide) groups is 1. The van der Waals surface area contributed by atoms with Gasteiger partial charge < -0.3 is 10.2 Å². The van der Waals surface area contributed by atoms with Crippen LogP contribution in [0.4, 0.5) is 18.0 Å². The van der Waals surface area contributed by atoms with Crippen molar-refractivity contribution >= 4 is 29.6 Å². The summed E-state index contributed by atoms with van der Waals surface area (Å²) < 4.78 is 38.6. The first kappa shape index (κ1) is 20.8. The zero-order chi connectivity index (χ0) is 21.5. The second kappa shape index (κ2) is 7.98. The molecule has 0 saturated carbocycles. The number of benzene rings is 1. The molecular weight excluding hydrogens is 419 g/mol. The van der Waals surface area contributed by atoms with Crippen molar-refractivity contribution in [2.75, 3.05) is 13.1 Å². The third-order valence-electron chi connectivity index (χ3n) is 5.62. The zero-order valence-electron chi connectivity index (χ0n) is 15.9. The minimum absolute atomic E-state index is 0.121. The molecule has 1 aromatic carbocycles. The van der Waals surface area contributed by atoms with Crippen molar-refractivity contribution in [2.45, 2.75) is 42.8 Å². The summed E-state index contributed by atoms with van der Waals surface area (Å²) in [7, 11) is 0. The number of likely N-dealkylation sites (tertiary alicyclic amines) is 1. The summed E-state index contributed by atoms with van der Waals surface area (Å²) in [6, 6.07) is 3.77. The number of hydrogen-bond acceptors (Lipinski definition) is 4. The van der Waals surface area contributed by atoms with Crippen LogP contribution >= 0.6 is 11.8 Å². The minimum atomic E-state index is -4.45. The van der Waals surface area contributed by atoms with Crippen molar-refractivity contribution in [3.8, 4) is 0 Å². The fraction of sp³-hybridized carbons (Fsp3) is 0.450. The fourth-order valence-electron chi connectivity index (χ4n) is 4.05. The number of nitrogens with zero attached hydrogens (tertiary/aromatic N) is 2. The van der Waals surface area contributed by atoms with Gasteiger partial charge in [-0.15, -0.1) is 11.8 Å². The summed E-state index contributed by atoms with van der Waals surface area (Å²) >= 11 is 1.38. The maximum absolute atomic E-state index is 12.9. The van der Waals surface area contributed by atoms with Crippen LogP contribution in [0.3, 0.4) is 0 Å². The van der Waals surface area contributed by atoms with Crippen molar-refractivity contribution in [1.82, 2.24) is 15.1 Å². The highest BCUT2D eigenvalue weighted by Gasteiger charge is 2.45. The van der Waals surface area contributed by atoms with Crippen LogP contribution in [0.1, 0.15) is 24.0 Å². The minimum Gasteiger partial charge on any atom is -0.342 e. The summed E-state index contributed by atoms with van der Waals surface area (Å²) in [4.78, 5) is 40.5. The topological polar surface area (TPSA) is 69.7 Å². The Bertz CT molecular complexity index is 897. The van der Waals surface area contributed by atoms with Crippen LogP contribution in [0.2, 0.25) is 0 Å². The molecule has 4 rings (SSSR count). The van der Waals surface area contributed by atoms with Gasteiger partial charge in [0.1, 0.15) is 5.25 Å². The van der Waals surface area contributed by atoms with Crippen LogP contribution in [0, 0.1) is 0 Å². The lowest BCUT2D eigenvalue weighted by Gasteiger charge is -2.41. The van der Waals surface area contributed by atoms with Crippen LogP contribution in [0.5, 0.6) is 0 Å². The number of fused-ring (bicyclic) bond motifs is 1. The second-order valence-corrected chi connectivity index (χ2v) is 8.61. The number of carbonyl (C=O) groups excluding carboxylic acids is 3. The van der Waals surface area contributed by atoms with E-state index < -0.39 is 17.8 Å². The molecular formula is C20H20F3N3O3S. The van der Waals surface area contributed by atoms with E-state index in [1.807, 2.05) is 5.41 Å². The average molecular weight is 439 g/mol. The van der Waals surface area contributed by atoms with Crippen molar-refractivity contribution < 1.29 is 27.6 Å². The monoisotopic (exact) mass is 439 g/mol. The van der Waals surface area contributed by atoms with Crippen LogP contribution in [-0.2, 0) is 22.2 Å². The lowest BCUT2D eigenvalue weighted by molar-refractivity contribution is -0.138. The summed E-state index contributed by atoms with van der Waals surface area (Å²) in [5.74, 6) is -0.481. The van der Waals surface area contributed by atoms with Gasteiger partial charge in [0.2, 0.25) is 11.8 Å². The number of halogens is 3. The maximum atomic E-state index is 12.9. The molecule has 3 heterocycles. The fourth-order valence-corrected chi connectivity index (χ4v) is 5.04. The van der Waals surface area contributed by atoms with Crippen LogP contribution < -0.4 is 5.32 Å². The van der Waals surface area contributed by atoms with Gasteiger partial charge in [-0.3, -0.25) is 14.5 Å². The predicted molar refractivity (Wildman–Crippen MR) is 104 cm³/mol. The second-order valence-electron chi connectivity index (χ2n) is 7.56. The molecule has 4 amide bonds. The Balaban J connectivity index is 1.35. The molecule has 0 radical (unpaired) electrons. The molecule has 0 spiro atoms. The smallest absolute Gasteiger partial charge is 0.342 e. The Hall–Kier alpha value is -2.49. The van der Waals surface area contributed by atoms with Gasteiger partial charge in [-0.05, 0) is 29.9 Å². The standard InChI is InChI=1S/C20H20F3N3O3S/c21-20(22,23)13-3-1-2-12(10-13)11-16(27)25-7-4-14(5-8-25)26-18(28)17-15(6-9-30-17)24-19(26)29/h1-3,6,9-10,14-15,17H,4-5,7-8,11H2,(H,24,29). The number of hydrogen-bond donors (Lipinski definition) is 1. The quantitative estimate of drug-likeness (QED) is 0.787. The predicted octanol–water partition coefficient (Wildman–Crippen LogP) is 2.79. The van der Waals surface area contributed by atoms with Crippen molar-refractivity contribution in [1.29, 1.82) is 0 Å². The first-order chi connectivity index (χ1) is 14.2. The summed E-state index contributed by atoms with van der Waals surface area (Å²) in [5, 5.41) is 4.29. The molecule has 2 atom stereocenters. The molecule has 2 unspecified atom stereocenters. The van der Waals surface area contributed by atoms with Gasteiger partial charge in [-0.1, -0.05) is 24.3 Å². The zero-order valence-corrected chi connectivity index (χ0v) is 16.7. The van der Waals surface area contributed by atoms with E-state index in [9.17, 15) is 27.6 Å². The molecule has 30 heavy (non-hydrogen) atoms. The van der Waals surface area contributed by atoms with E-state index >= 15 is 0 Å². The molecule has 6 nitrogen and oxygen atoms in total.